The summed E-state index contributed by atoms with van der Waals surface area (Å²) in [5.41, 5.74) is 1.84. The van der Waals surface area contributed by atoms with Gasteiger partial charge >= 0.3 is 11.9 Å². The second-order valence-corrected chi connectivity index (χ2v) is 3.98. The summed E-state index contributed by atoms with van der Waals surface area (Å²) in [5, 5.41) is 0. The zero-order valence-electron chi connectivity index (χ0n) is 9.86. The van der Waals surface area contributed by atoms with E-state index in [1.165, 1.54) is 0 Å². The van der Waals surface area contributed by atoms with Crippen LogP contribution in [0.4, 0.5) is 0 Å². The number of cyclic esters (lactones) is 2. The van der Waals surface area contributed by atoms with Crippen molar-refractivity contribution in [2.45, 2.75) is 25.7 Å². The lowest BCUT2D eigenvalue weighted by Gasteiger charge is -2.12. The summed E-state index contributed by atoms with van der Waals surface area (Å²) in [4.78, 5) is 22.7. The summed E-state index contributed by atoms with van der Waals surface area (Å²) >= 11 is 0. The van der Waals surface area contributed by atoms with Gasteiger partial charge in [0.05, 0.1) is 19.4 Å². The van der Waals surface area contributed by atoms with Gasteiger partial charge in [-0.05, 0) is 18.1 Å². The van der Waals surface area contributed by atoms with Gasteiger partial charge in [0, 0.05) is 5.56 Å². The number of aryl methyl sites for hydroxylation is 1. The maximum Gasteiger partial charge on any atom is 0.321 e. The first-order chi connectivity index (χ1) is 8.15. The van der Waals surface area contributed by atoms with Crippen molar-refractivity contribution in [3.63, 3.8) is 0 Å². The Hall–Kier alpha value is -1.84. The average molecular weight is 234 g/mol. The Kier molecular flexibility index (Phi) is 3.13. The van der Waals surface area contributed by atoms with Gasteiger partial charge in [-0.2, -0.15) is 0 Å². The fourth-order valence-corrected chi connectivity index (χ4v) is 1.99. The van der Waals surface area contributed by atoms with E-state index in [4.69, 9.17) is 4.74 Å². The van der Waals surface area contributed by atoms with Gasteiger partial charge in [-0.1, -0.05) is 19.1 Å². The van der Waals surface area contributed by atoms with Crippen molar-refractivity contribution in [2.24, 2.45) is 0 Å². The number of hydrogen-bond acceptors (Lipinski definition) is 4. The largest absolute Gasteiger partial charge is 0.496 e. The zero-order chi connectivity index (χ0) is 12.4. The van der Waals surface area contributed by atoms with Crippen molar-refractivity contribution in [3.05, 3.63) is 29.3 Å². The van der Waals surface area contributed by atoms with Crippen LogP contribution < -0.4 is 4.74 Å². The summed E-state index contributed by atoms with van der Waals surface area (Å²) in [6.45, 7) is 2.03. The molecule has 1 unspecified atom stereocenters. The second kappa shape index (κ2) is 4.57. The van der Waals surface area contributed by atoms with Gasteiger partial charge < -0.3 is 9.47 Å². The summed E-state index contributed by atoms with van der Waals surface area (Å²) in [6.07, 6.45) is 0.967. The minimum absolute atomic E-state index is 0.0996. The number of esters is 2. The standard InChI is InChI=1S/C13H14O4/c1-3-8-4-5-11(16-2)9(6-8)10-7-12(14)17-13(10)15/h4-6,10H,3,7H2,1-2H3. The Morgan fingerprint density at radius 2 is 2.18 bits per heavy atom. The Bertz CT molecular complexity index is 464. The lowest BCUT2D eigenvalue weighted by atomic mass is 9.94. The lowest BCUT2D eigenvalue weighted by Crippen LogP contribution is -2.07. The molecule has 0 amide bonds. The van der Waals surface area contributed by atoms with E-state index in [-0.39, 0.29) is 6.42 Å². The number of hydrogen-bond donors (Lipinski definition) is 0. The van der Waals surface area contributed by atoms with Crippen LogP contribution in [0.3, 0.4) is 0 Å². The highest BCUT2D eigenvalue weighted by atomic mass is 16.6. The molecule has 0 bridgehead atoms. The van der Waals surface area contributed by atoms with Crippen molar-refractivity contribution < 1.29 is 19.1 Å². The number of ether oxygens (including phenoxy) is 2. The van der Waals surface area contributed by atoms with Crippen LogP contribution in [-0.4, -0.2) is 19.0 Å². The molecule has 0 spiro atoms. The molecular formula is C13H14O4. The summed E-state index contributed by atoms with van der Waals surface area (Å²) in [5.74, 6) is -0.853. The monoisotopic (exact) mass is 234 g/mol. The van der Waals surface area contributed by atoms with Crippen LogP contribution in [0.25, 0.3) is 0 Å². The number of rotatable bonds is 3. The highest BCUT2D eigenvalue weighted by Crippen LogP contribution is 2.34. The summed E-state index contributed by atoms with van der Waals surface area (Å²) < 4.78 is 9.79. The van der Waals surface area contributed by atoms with Crippen molar-refractivity contribution in [1.29, 1.82) is 0 Å². The molecule has 0 aromatic heterocycles. The topological polar surface area (TPSA) is 52.6 Å². The summed E-state index contributed by atoms with van der Waals surface area (Å²) in [6, 6.07) is 5.68. The van der Waals surface area contributed by atoms with Crippen LogP contribution in [0.2, 0.25) is 0 Å². The van der Waals surface area contributed by atoms with Crippen LogP contribution >= 0.6 is 0 Å². The van der Waals surface area contributed by atoms with E-state index in [1.54, 1.807) is 7.11 Å². The predicted molar refractivity (Wildman–Crippen MR) is 60.8 cm³/mol. The second-order valence-electron chi connectivity index (χ2n) is 3.98. The lowest BCUT2D eigenvalue weighted by molar-refractivity contribution is -0.152. The third-order valence-electron chi connectivity index (χ3n) is 2.95. The smallest absolute Gasteiger partial charge is 0.321 e. The maximum atomic E-state index is 11.6. The Morgan fingerprint density at radius 3 is 2.71 bits per heavy atom. The molecule has 90 valence electrons. The maximum absolute atomic E-state index is 11.6. The van der Waals surface area contributed by atoms with E-state index >= 15 is 0 Å². The van der Waals surface area contributed by atoms with Crippen molar-refractivity contribution >= 4 is 11.9 Å². The molecular weight excluding hydrogens is 220 g/mol. The molecule has 1 fully saturated rings. The third-order valence-corrected chi connectivity index (χ3v) is 2.95. The first kappa shape index (κ1) is 11.6. The first-order valence-corrected chi connectivity index (χ1v) is 5.57. The third kappa shape index (κ3) is 2.16. The van der Waals surface area contributed by atoms with Gasteiger partial charge in [-0.25, -0.2) is 0 Å². The van der Waals surface area contributed by atoms with Crippen molar-refractivity contribution in [1.82, 2.24) is 0 Å². The highest BCUT2D eigenvalue weighted by Gasteiger charge is 2.36. The fourth-order valence-electron chi connectivity index (χ4n) is 1.99. The molecule has 17 heavy (non-hydrogen) atoms. The van der Waals surface area contributed by atoms with Crippen molar-refractivity contribution in [2.75, 3.05) is 7.11 Å². The molecule has 0 saturated carbocycles. The van der Waals surface area contributed by atoms with Crippen LogP contribution in [0.1, 0.15) is 30.4 Å². The molecule has 1 heterocycles. The van der Waals surface area contributed by atoms with Crippen LogP contribution in [0.15, 0.2) is 18.2 Å². The summed E-state index contributed by atoms with van der Waals surface area (Å²) in [7, 11) is 1.55. The number of methoxy groups -OCH3 is 1. The van der Waals surface area contributed by atoms with E-state index < -0.39 is 17.9 Å². The van der Waals surface area contributed by atoms with Gasteiger partial charge in [0.15, 0.2) is 0 Å². The van der Waals surface area contributed by atoms with Gasteiger partial charge in [0.25, 0.3) is 0 Å². The Balaban J connectivity index is 2.42. The quantitative estimate of drug-likeness (QED) is 0.591. The number of carbonyl (C=O) groups is 2. The normalized spacial score (nSPS) is 19.3. The molecule has 1 aliphatic heterocycles. The van der Waals surface area contributed by atoms with Crippen LogP contribution in [-0.2, 0) is 20.7 Å². The Morgan fingerprint density at radius 1 is 1.41 bits per heavy atom. The number of carbonyl (C=O) groups excluding carboxylic acids is 2. The molecule has 0 N–H and O–H groups in total. The SMILES string of the molecule is CCc1ccc(OC)c(C2CC(=O)OC2=O)c1. The van der Waals surface area contributed by atoms with Gasteiger partial charge in [-0.15, -0.1) is 0 Å². The van der Waals surface area contributed by atoms with E-state index in [1.807, 2.05) is 25.1 Å². The Labute approximate surface area is 99.5 Å². The van der Waals surface area contributed by atoms with Gasteiger partial charge in [0.2, 0.25) is 0 Å². The molecule has 1 saturated heterocycles. The van der Waals surface area contributed by atoms with Crippen LogP contribution in [0.5, 0.6) is 5.75 Å². The predicted octanol–water partition coefficient (Wildman–Crippen LogP) is 1.81. The zero-order valence-corrected chi connectivity index (χ0v) is 9.86. The number of benzene rings is 1. The van der Waals surface area contributed by atoms with E-state index in [0.717, 1.165) is 17.5 Å². The molecule has 4 nitrogen and oxygen atoms in total. The van der Waals surface area contributed by atoms with Gasteiger partial charge in [0.1, 0.15) is 5.75 Å². The average Bonchev–Trinajstić information content (AvgIpc) is 2.67. The fraction of sp³-hybridized carbons (Fsp3) is 0.385. The minimum atomic E-state index is -0.524. The first-order valence-electron chi connectivity index (χ1n) is 5.57. The minimum Gasteiger partial charge on any atom is -0.496 e. The molecule has 1 atom stereocenters. The highest BCUT2D eigenvalue weighted by molar-refractivity contribution is 5.98. The molecule has 0 aliphatic carbocycles. The van der Waals surface area contributed by atoms with Crippen molar-refractivity contribution in [3.8, 4) is 5.75 Å². The molecule has 1 aromatic carbocycles. The van der Waals surface area contributed by atoms with Gasteiger partial charge in [-0.3, -0.25) is 9.59 Å². The molecule has 0 radical (unpaired) electrons. The van der Waals surface area contributed by atoms with E-state index in [0.29, 0.717) is 5.75 Å². The van der Waals surface area contributed by atoms with Crippen LogP contribution in [0, 0.1) is 0 Å². The molecule has 2 rings (SSSR count). The molecule has 1 aliphatic rings. The molecule has 1 aromatic rings. The van der Waals surface area contributed by atoms with E-state index in [9.17, 15) is 9.59 Å². The van der Waals surface area contributed by atoms with E-state index in [2.05, 4.69) is 4.74 Å². The molecule has 4 heteroatoms.